The molecule has 0 aromatic heterocycles. The molecule has 1 fully saturated rings. The van der Waals surface area contributed by atoms with Gasteiger partial charge in [0.25, 0.3) is 0 Å². The molecule has 0 spiro atoms. The number of benzene rings is 1. The highest BCUT2D eigenvalue weighted by Gasteiger charge is 2.26. The first-order chi connectivity index (χ1) is 10.8. The maximum Gasteiger partial charge on any atom is 0.322 e. The number of nitrogens with one attached hydrogen (secondary N) is 1. The predicted octanol–water partition coefficient (Wildman–Crippen LogP) is 3.31. The SMILES string of the molecule is CC1CN(C(=O)Nc2ccc(N(C)C(C)C)c(F)c2)CC(C)O1. The fourth-order valence-corrected chi connectivity index (χ4v) is 2.70. The summed E-state index contributed by atoms with van der Waals surface area (Å²) in [6.45, 7) is 8.93. The Balaban J connectivity index is 2.05. The Bertz CT molecular complexity index is 555. The van der Waals surface area contributed by atoms with Crippen LogP contribution in [0.2, 0.25) is 0 Å². The second kappa shape index (κ2) is 7.17. The number of hydrogen-bond acceptors (Lipinski definition) is 3. The minimum Gasteiger partial charge on any atom is -0.372 e. The van der Waals surface area contributed by atoms with Crippen molar-refractivity contribution in [2.45, 2.75) is 45.9 Å². The zero-order valence-corrected chi connectivity index (χ0v) is 14.5. The summed E-state index contributed by atoms with van der Waals surface area (Å²) in [6, 6.07) is 4.75. The van der Waals surface area contributed by atoms with Crippen molar-refractivity contribution in [3.63, 3.8) is 0 Å². The number of hydrogen-bond donors (Lipinski definition) is 1. The molecule has 0 bridgehead atoms. The van der Waals surface area contributed by atoms with Gasteiger partial charge < -0.3 is 19.9 Å². The minimum atomic E-state index is -0.345. The number of rotatable bonds is 3. The van der Waals surface area contributed by atoms with Crippen molar-refractivity contribution in [3.05, 3.63) is 24.0 Å². The van der Waals surface area contributed by atoms with E-state index in [-0.39, 0.29) is 30.1 Å². The number of carbonyl (C=O) groups is 1. The Morgan fingerprint density at radius 3 is 2.48 bits per heavy atom. The summed E-state index contributed by atoms with van der Waals surface area (Å²) < 4.78 is 19.9. The van der Waals surface area contributed by atoms with Crippen LogP contribution < -0.4 is 10.2 Å². The minimum absolute atomic E-state index is 0.00306. The van der Waals surface area contributed by atoms with Gasteiger partial charge in [-0.25, -0.2) is 9.18 Å². The van der Waals surface area contributed by atoms with Gasteiger partial charge >= 0.3 is 6.03 Å². The van der Waals surface area contributed by atoms with E-state index in [1.807, 2.05) is 39.6 Å². The van der Waals surface area contributed by atoms with Gasteiger partial charge in [0.05, 0.1) is 17.9 Å². The summed E-state index contributed by atoms with van der Waals surface area (Å²) in [4.78, 5) is 15.9. The van der Waals surface area contributed by atoms with E-state index in [0.717, 1.165) is 0 Å². The first-order valence-corrected chi connectivity index (χ1v) is 8.01. The first kappa shape index (κ1) is 17.5. The Hall–Kier alpha value is -1.82. The smallest absolute Gasteiger partial charge is 0.322 e. The third-order valence-corrected chi connectivity index (χ3v) is 4.06. The summed E-state index contributed by atoms with van der Waals surface area (Å²) in [6.07, 6.45) is 0.00612. The average molecular weight is 323 g/mol. The van der Waals surface area contributed by atoms with Crippen LogP contribution in [0.3, 0.4) is 0 Å². The third kappa shape index (κ3) is 4.34. The number of halogens is 1. The van der Waals surface area contributed by atoms with Gasteiger partial charge in [0.15, 0.2) is 0 Å². The molecular formula is C17H26FN3O2. The number of morpholine rings is 1. The van der Waals surface area contributed by atoms with Crippen LogP contribution in [0, 0.1) is 5.82 Å². The second-order valence-electron chi connectivity index (χ2n) is 6.46. The zero-order valence-electron chi connectivity index (χ0n) is 14.5. The van der Waals surface area contributed by atoms with Crippen molar-refractivity contribution in [2.75, 3.05) is 30.4 Å². The molecule has 2 rings (SSSR count). The van der Waals surface area contributed by atoms with Crippen molar-refractivity contribution in [3.8, 4) is 0 Å². The summed E-state index contributed by atoms with van der Waals surface area (Å²) in [7, 11) is 1.85. The van der Waals surface area contributed by atoms with Gasteiger partial charge in [-0.3, -0.25) is 0 Å². The quantitative estimate of drug-likeness (QED) is 0.928. The lowest BCUT2D eigenvalue weighted by atomic mass is 10.2. The molecule has 2 amide bonds. The van der Waals surface area contributed by atoms with Crippen LogP contribution in [0.25, 0.3) is 0 Å². The summed E-state index contributed by atoms with van der Waals surface area (Å²) >= 11 is 0. The Morgan fingerprint density at radius 2 is 1.96 bits per heavy atom. The van der Waals surface area contributed by atoms with E-state index in [1.165, 1.54) is 6.07 Å². The van der Waals surface area contributed by atoms with Crippen molar-refractivity contribution in [1.82, 2.24) is 4.90 Å². The molecule has 5 nitrogen and oxygen atoms in total. The lowest BCUT2D eigenvalue weighted by Crippen LogP contribution is -2.49. The van der Waals surface area contributed by atoms with Crippen LogP contribution in [0.5, 0.6) is 0 Å². The molecule has 1 aliphatic heterocycles. The van der Waals surface area contributed by atoms with Crippen molar-refractivity contribution in [2.24, 2.45) is 0 Å². The fraction of sp³-hybridized carbons (Fsp3) is 0.588. The molecule has 1 N–H and O–H groups in total. The fourth-order valence-electron chi connectivity index (χ4n) is 2.70. The molecule has 1 heterocycles. The summed E-state index contributed by atoms with van der Waals surface area (Å²) in [5.74, 6) is -0.345. The maximum atomic E-state index is 14.3. The van der Waals surface area contributed by atoms with Crippen LogP contribution in [0.15, 0.2) is 18.2 Å². The maximum absolute atomic E-state index is 14.3. The molecular weight excluding hydrogens is 297 g/mol. The van der Waals surface area contributed by atoms with Crippen LogP contribution >= 0.6 is 0 Å². The number of amides is 2. The third-order valence-electron chi connectivity index (χ3n) is 4.06. The van der Waals surface area contributed by atoms with Crippen molar-refractivity contribution in [1.29, 1.82) is 0 Å². The number of urea groups is 1. The van der Waals surface area contributed by atoms with Crippen LogP contribution in [0.1, 0.15) is 27.7 Å². The lowest BCUT2D eigenvalue weighted by molar-refractivity contribution is -0.0530. The average Bonchev–Trinajstić information content (AvgIpc) is 2.45. The Labute approximate surface area is 137 Å². The number of ether oxygens (including phenoxy) is 1. The Morgan fingerprint density at radius 1 is 1.35 bits per heavy atom. The summed E-state index contributed by atoms with van der Waals surface area (Å²) in [5.41, 5.74) is 0.979. The molecule has 0 radical (unpaired) electrons. The van der Waals surface area contributed by atoms with Gasteiger partial charge in [0, 0.05) is 31.9 Å². The van der Waals surface area contributed by atoms with Crippen molar-refractivity contribution >= 4 is 17.4 Å². The van der Waals surface area contributed by atoms with E-state index < -0.39 is 0 Å². The van der Waals surface area contributed by atoms with Crippen molar-refractivity contribution < 1.29 is 13.9 Å². The molecule has 2 unspecified atom stereocenters. The zero-order chi connectivity index (χ0) is 17.1. The lowest BCUT2D eigenvalue weighted by Gasteiger charge is -2.35. The van der Waals surface area contributed by atoms with E-state index >= 15 is 0 Å². The van der Waals surface area contributed by atoms with Crippen LogP contribution in [-0.4, -0.2) is 49.3 Å². The van der Waals surface area contributed by atoms with Crippen LogP contribution in [-0.2, 0) is 4.74 Å². The molecule has 0 aliphatic carbocycles. The second-order valence-corrected chi connectivity index (χ2v) is 6.46. The van der Waals surface area contributed by atoms with Gasteiger partial charge in [-0.2, -0.15) is 0 Å². The van der Waals surface area contributed by atoms with Gasteiger partial charge in [-0.05, 0) is 45.9 Å². The van der Waals surface area contributed by atoms with E-state index in [9.17, 15) is 9.18 Å². The van der Waals surface area contributed by atoms with E-state index in [0.29, 0.717) is 24.5 Å². The molecule has 0 saturated carbocycles. The molecule has 1 aromatic carbocycles. The Kier molecular flexibility index (Phi) is 5.46. The van der Waals surface area contributed by atoms with Crippen LogP contribution in [0.4, 0.5) is 20.6 Å². The molecule has 1 aliphatic rings. The van der Waals surface area contributed by atoms with Gasteiger partial charge in [0.1, 0.15) is 5.82 Å². The van der Waals surface area contributed by atoms with Gasteiger partial charge in [-0.1, -0.05) is 0 Å². The van der Waals surface area contributed by atoms with Gasteiger partial charge in [-0.15, -0.1) is 0 Å². The molecule has 6 heteroatoms. The highest BCUT2D eigenvalue weighted by atomic mass is 19.1. The molecule has 1 aromatic rings. The molecule has 2 atom stereocenters. The topological polar surface area (TPSA) is 44.8 Å². The number of nitrogens with zero attached hydrogens (tertiary/aromatic N) is 2. The normalized spacial score (nSPS) is 21.4. The van der Waals surface area contributed by atoms with Gasteiger partial charge in [0.2, 0.25) is 0 Å². The highest BCUT2D eigenvalue weighted by molar-refractivity contribution is 5.89. The molecule has 128 valence electrons. The standard InChI is InChI=1S/C17H26FN3O2/c1-11(2)20(5)16-7-6-14(8-15(16)18)19-17(22)21-9-12(3)23-13(4)10-21/h6-8,11-13H,9-10H2,1-5H3,(H,19,22). The first-order valence-electron chi connectivity index (χ1n) is 8.01. The summed E-state index contributed by atoms with van der Waals surface area (Å²) in [5, 5.41) is 2.76. The van der Waals surface area contributed by atoms with E-state index in [4.69, 9.17) is 4.74 Å². The molecule has 23 heavy (non-hydrogen) atoms. The molecule has 1 saturated heterocycles. The highest BCUT2D eigenvalue weighted by Crippen LogP contribution is 2.24. The van der Waals surface area contributed by atoms with E-state index in [2.05, 4.69) is 5.32 Å². The number of anilines is 2. The largest absolute Gasteiger partial charge is 0.372 e. The predicted molar refractivity (Wildman–Crippen MR) is 90.5 cm³/mol. The van der Waals surface area contributed by atoms with E-state index in [1.54, 1.807) is 17.0 Å². The monoisotopic (exact) mass is 323 g/mol. The number of carbonyl (C=O) groups excluding carboxylic acids is 1.